The van der Waals surface area contributed by atoms with Crippen molar-refractivity contribution in [3.8, 4) is 11.5 Å². The summed E-state index contributed by atoms with van der Waals surface area (Å²) in [7, 11) is 0. The summed E-state index contributed by atoms with van der Waals surface area (Å²) < 4.78 is 0. The second kappa shape index (κ2) is 4.63. The highest BCUT2D eigenvalue weighted by Gasteiger charge is 2.22. The first kappa shape index (κ1) is 11.7. The quantitative estimate of drug-likeness (QED) is 0.622. The lowest BCUT2D eigenvalue weighted by Gasteiger charge is -2.24. The van der Waals surface area contributed by atoms with Crippen LogP contribution in [0.3, 0.4) is 0 Å². The highest BCUT2D eigenvalue weighted by Crippen LogP contribution is 2.36. The van der Waals surface area contributed by atoms with E-state index in [1.165, 1.54) is 6.07 Å². The van der Waals surface area contributed by atoms with Crippen LogP contribution in [0.4, 0.5) is 0 Å². The van der Waals surface area contributed by atoms with Crippen LogP contribution in [0.2, 0.25) is 0 Å². The fourth-order valence-electron chi connectivity index (χ4n) is 2.23. The molecular weight excluding hydrogens is 222 g/mol. The minimum Gasteiger partial charge on any atom is -0.508 e. The molecule has 0 spiro atoms. The molecule has 17 heavy (non-hydrogen) atoms. The molecule has 0 aliphatic carbocycles. The van der Waals surface area contributed by atoms with Crippen LogP contribution < -0.4 is 5.32 Å². The number of nitrogens with one attached hydrogen (secondary N) is 1. The molecule has 1 aliphatic heterocycles. The van der Waals surface area contributed by atoms with E-state index in [2.05, 4.69) is 5.32 Å². The average molecular weight is 237 g/mol. The molecule has 92 valence electrons. The number of hydrogen-bond donors (Lipinski definition) is 4. The molecule has 0 amide bonds. The van der Waals surface area contributed by atoms with E-state index in [1.807, 2.05) is 0 Å². The Morgan fingerprint density at radius 3 is 2.41 bits per heavy atom. The lowest BCUT2D eigenvalue weighted by atomic mass is 9.88. The van der Waals surface area contributed by atoms with Gasteiger partial charge < -0.3 is 20.6 Å². The number of aromatic carboxylic acids is 1. The minimum absolute atomic E-state index is 0.0283. The first-order valence-corrected chi connectivity index (χ1v) is 5.59. The van der Waals surface area contributed by atoms with E-state index in [4.69, 9.17) is 5.11 Å². The Balaban J connectivity index is 2.38. The molecule has 0 unspecified atom stereocenters. The van der Waals surface area contributed by atoms with Gasteiger partial charge in [0, 0.05) is 6.07 Å². The number of carbonyl (C=O) groups is 1. The third-order valence-electron chi connectivity index (χ3n) is 3.15. The summed E-state index contributed by atoms with van der Waals surface area (Å²) in [5.74, 6) is -1.46. The van der Waals surface area contributed by atoms with E-state index in [9.17, 15) is 15.0 Å². The van der Waals surface area contributed by atoms with Crippen LogP contribution in [-0.4, -0.2) is 34.4 Å². The number of aromatic hydroxyl groups is 2. The molecule has 1 aromatic carbocycles. The van der Waals surface area contributed by atoms with E-state index in [0.29, 0.717) is 5.56 Å². The summed E-state index contributed by atoms with van der Waals surface area (Å²) >= 11 is 0. The largest absolute Gasteiger partial charge is 0.508 e. The standard InChI is InChI=1S/C12H15NO4/c14-10-6-11(15)9(12(16)17)5-8(10)7-1-3-13-4-2-7/h5-7,13-15H,1-4H2,(H,16,17). The van der Waals surface area contributed by atoms with Gasteiger partial charge in [0.25, 0.3) is 0 Å². The Morgan fingerprint density at radius 2 is 1.82 bits per heavy atom. The minimum atomic E-state index is -1.18. The van der Waals surface area contributed by atoms with Gasteiger partial charge in [-0.05, 0) is 43.5 Å². The van der Waals surface area contributed by atoms with Gasteiger partial charge in [-0.1, -0.05) is 0 Å². The highest BCUT2D eigenvalue weighted by molar-refractivity contribution is 5.91. The Hall–Kier alpha value is -1.75. The van der Waals surface area contributed by atoms with E-state index < -0.39 is 11.7 Å². The first-order valence-electron chi connectivity index (χ1n) is 5.59. The smallest absolute Gasteiger partial charge is 0.339 e. The van der Waals surface area contributed by atoms with Crippen LogP contribution >= 0.6 is 0 Å². The maximum absolute atomic E-state index is 10.9. The molecule has 2 rings (SSSR count). The van der Waals surface area contributed by atoms with Gasteiger partial charge in [-0.2, -0.15) is 0 Å². The van der Waals surface area contributed by atoms with Gasteiger partial charge in [0.2, 0.25) is 0 Å². The number of phenolic OH excluding ortho intramolecular Hbond substituents is 1. The summed E-state index contributed by atoms with van der Waals surface area (Å²) in [6, 6.07) is 2.49. The van der Waals surface area contributed by atoms with Crippen molar-refractivity contribution >= 4 is 5.97 Å². The molecule has 0 bridgehead atoms. The summed E-state index contributed by atoms with van der Waals surface area (Å²) in [6.07, 6.45) is 1.72. The third kappa shape index (κ3) is 2.34. The van der Waals surface area contributed by atoms with Crippen molar-refractivity contribution in [1.29, 1.82) is 0 Å². The predicted molar refractivity (Wildman–Crippen MR) is 61.6 cm³/mol. The van der Waals surface area contributed by atoms with Crippen LogP contribution in [0, 0.1) is 0 Å². The normalized spacial score (nSPS) is 16.9. The zero-order valence-corrected chi connectivity index (χ0v) is 9.31. The van der Waals surface area contributed by atoms with Crippen LogP contribution in [0.15, 0.2) is 12.1 Å². The van der Waals surface area contributed by atoms with Gasteiger partial charge in [0.15, 0.2) is 0 Å². The van der Waals surface area contributed by atoms with Crippen molar-refractivity contribution in [3.63, 3.8) is 0 Å². The van der Waals surface area contributed by atoms with E-state index in [0.717, 1.165) is 32.0 Å². The second-order valence-electron chi connectivity index (χ2n) is 4.26. The molecule has 1 aromatic rings. The summed E-state index contributed by atoms with van der Waals surface area (Å²) in [5.41, 5.74) is 0.457. The molecule has 0 atom stereocenters. The summed E-state index contributed by atoms with van der Waals surface area (Å²) in [5, 5.41) is 31.3. The molecule has 1 aliphatic rings. The Kier molecular flexibility index (Phi) is 3.19. The summed E-state index contributed by atoms with van der Waals surface area (Å²) in [6.45, 7) is 1.71. The Labute approximate surface area is 98.7 Å². The fraction of sp³-hybridized carbons (Fsp3) is 0.417. The first-order chi connectivity index (χ1) is 8.09. The average Bonchev–Trinajstić information content (AvgIpc) is 2.29. The van der Waals surface area contributed by atoms with Crippen LogP contribution in [0.25, 0.3) is 0 Å². The number of rotatable bonds is 2. The molecule has 1 heterocycles. The number of piperidine rings is 1. The van der Waals surface area contributed by atoms with Gasteiger partial charge in [0.1, 0.15) is 17.1 Å². The number of carboxylic acid groups (broad SMARTS) is 1. The van der Waals surface area contributed by atoms with E-state index in [-0.39, 0.29) is 17.2 Å². The van der Waals surface area contributed by atoms with Gasteiger partial charge in [0.05, 0.1) is 0 Å². The number of carboxylic acids is 1. The number of benzene rings is 1. The monoisotopic (exact) mass is 237 g/mol. The van der Waals surface area contributed by atoms with E-state index >= 15 is 0 Å². The molecule has 5 heteroatoms. The van der Waals surface area contributed by atoms with Gasteiger partial charge in [-0.25, -0.2) is 4.79 Å². The van der Waals surface area contributed by atoms with Crippen LogP contribution in [-0.2, 0) is 0 Å². The Morgan fingerprint density at radius 1 is 1.18 bits per heavy atom. The SMILES string of the molecule is O=C(O)c1cc(C2CCNCC2)c(O)cc1O. The molecule has 1 fully saturated rings. The van der Waals surface area contributed by atoms with Crippen LogP contribution in [0.1, 0.15) is 34.7 Å². The van der Waals surface area contributed by atoms with Crippen molar-refractivity contribution in [3.05, 3.63) is 23.3 Å². The molecule has 1 saturated heterocycles. The van der Waals surface area contributed by atoms with Crippen molar-refractivity contribution in [1.82, 2.24) is 5.32 Å². The van der Waals surface area contributed by atoms with Gasteiger partial charge in [-0.15, -0.1) is 0 Å². The van der Waals surface area contributed by atoms with Crippen molar-refractivity contribution < 1.29 is 20.1 Å². The third-order valence-corrected chi connectivity index (χ3v) is 3.15. The fourth-order valence-corrected chi connectivity index (χ4v) is 2.23. The molecular formula is C12H15NO4. The Bertz CT molecular complexity index is 438. The lowest BCUT2D eigenvalue weighted by molar-refractivity contribution is 0.0693. The van der Waals surface area contributed by atoms with Crippen molar-refractivity contribution in [2.24, 2.45) is 0 Å². The topological polar surface area (TPSA) is 89.8 Å². The molecule has 5 nitrogen and oxygen atoms in total. The zero-order valence-electron chi connectivity index (χ0n) is 9.31. The van der Waals surface area contributed by atoms with Crippen molar-refractivity contribution in [2.45, 2.75) is 18.8 Å². The molecule has 0 saturated carbocycles. The number of phenols is 2. The molecule has 0 aromatic heterocycles. The van der Waals surface area contributed by atoms with Gasteiger partial charge >= 0.3 is 5.97 Å². The summed E-state index contributed by atoms with van der Waals surface area (Å²) in [4.78, 5) is 10.9. The van der Waals surface area contributed by atoms with Gasteiger partial charge in [-0.3, -0.25) is 0 Å². The highest BCUT2D eigenvalue weighted by atomic mass is 16.4. The van der Waals surface area contributed by atoms with E-state index in [1.54, 1.807) is 0 Å². The zero-order chi connectivity index (χ0) is 12.4. The second-order valence-corrected chi connectivity index (χ2v) is 4.26. The van der Waals surface area contributed by atoms with Crippen LogP contribution in [0.5, 0.6) is 11.5 Å². The lowest BCUT2D eigenvalue weighted by Crippen LogP contribution is -2.26. The maximum atomic E-state index is 10.9. The molecule has 4 N–H and O–H groups in total. The molecule has 0 radical (unpaired) electrons. The number of hydrogen-bond acceptors (Lipinski definition) is 4. The van der Waals surface area contributed by atoms with Crippen molar-refractivity contribution in [2.75, 3.05) is 13.1 Å². The maximum Gasteiger partial charge on any atom is 0.339 e. The predicted octanol–water partition coefficient (Wildman–Crippen LogP) is 1.26.